The normalized spacial score (nSPS) is 15.6. The van der Waals surface area contributed by atoms with Crippen molar-refractivity contribution in [3.63, 3.8) is 0 Å². The second kappa shape index (κ2) is 13.8. The molecule has 37 heavy (non-hydrogen) atoms. The first kappa shape index (κ1) is 29.0. The lowest BCUT2D eigenvalue weighted by Gasteiger charge is -2.31. The van der Waals surface area contributed by atoms with Crippen molar-refractivity contribution in [3.05, 3.63) is 76.6 Å². The van der Waals surface area contributed by atoms with Crippen LogP contribution in [0.2, 0.25) is 0 Å². The minimum absolute atomic E-state index is 0.121. The molecule has 2 atom stereocenters. The van der Waals surface area contributed by atoms with Gasteiger partial charge in [0.2, 0.25) is 0 Å². The summed E-state index contributed by atoms with van der Waals surface area (Å²) in [5.74, 6) is -0.354. The molecule has 0 heterocycles. The third kappa shape index (κ3) is 8.77. The maximum Gasteiger partial charge on any atom is 0.330 e. The zero-order valence-corrected chi connectivity index (χ0v) is 22.6. The Hall–Kier alpha value is -2.54. The maximum atomic E-state index is 14.7. The van der Waals surface area contributed by atoms with Crippen molar-refractivity contribution in [1.29, 1.82) is 0 Å². The number of rotatable bonds is 14. The van der Waals surface area contributed by atoms with Crippen LogP contribution in [0.1, 0.15) is 75.3 Å². The Morgan fingerprint density at radius 2 is 1.86 bits per heavy atom. The number of esters is 1. The van der Waals surface area contributed by atoms with Crippen molar-refractivity contribution < 1.29 is 23.8 Å². The zero-order chi connectivity index (χ0) is 26.8. The summed E-state index contributed by atoms with van der Waals surface area (Å²) in [4.78, 5) is 11.8. The lowest BCUT2D eigenvalue weighted by molar-refractivity contribution is -0.137. The number of aliphatic hydroxyl groups is 1. The van der Waals surface area contributed by atoms with Gasteiger partial charge in [-0.1, -0.05) is 49.7 Å². The second-order valence-corrected chi connectivity index (χ2v) is 10.6. The van der Waals surface area contributed by atoms with Crippen LogP contribution in [0.25, 0.3) is 6.08 Å². The van der Waals surface area contributed by atoms with Gasteiger partial charge in [-0.15, -0.1) is 0 Å². The van der Waals surface area contributed by atoms with Gasteiger partial charge >= 0.3 is 5.97 Å². The van der Waals surface area contributed by atoms with Crippen molar-refractivity contribution in [3.8, 4) is 0 Å². The van der Waals surface area contributed by atoms with Crippen LogP contribution in [0.3, 0.4) is 0 Å². The smallest absolute Gasteiger partial charge is 0.330 e. The largest absolute Gasteiger partial charge is 0.463 e. The summed E-state index contributed by atoms with van der Waals surface area (Å²) in [5.41, 5.74) is 3.74. The number of carbonyl (C=O) groups excluding carboxylic acids is 1. The molecular formula is C31H42FNO4. The van der Waals surface area contributed by atoms with Gasteiger partial charge in [0.05, 0.1) is 25.4 Å². The van der Waals surface area contributed by atoms with Crippen molar-refractivity contribution in [2.75, 3.05) is 19.8 Å². The fourth-order valence-corrected chi connectivity index (χ4v) is 5.21. The van der Waals surface area contributed by atoms with Crippen LogP contribution in [0.15, 0.2) is 48.5 Å². The van der Waals surface area contributed by atoms with Crippen molar-refractivity contribution >= 4 is 12.0 Å². The van der Waals surface area contributed by atoms with E-state index in [1.165, 1.54) is 29.3 Å². The van der Waals surface area contributed by atoms with Crippen LogP contribution in [-0.2, 0) is 27.1 Å². The minimum atomic E-state index is -0.702. The Bertz CT molecular complexity index is 1030. The van der Waals surface area contributed by atoms with Gasteiger partial charge in [-0.25, -0.2) is 9.18 Å². The molecule has 0 aliphatic heterocycles. The van der Waals surface area contributed by atoms with E-state index >= 15 is 0 Å². The molecule has 2 aromatic carbocycles. The molecule has 3 rings (SSSR count). The van der Waals surface area contributed by atoms with Crippen LogP contribution in [0.4, 0.5) is 4.39 Å². The van der Waals surface area contributed by atoms with E-state index in [1.54, 1.807) is 13.0 Å². The number of carbonyl (C=O) groups is 1. The summed E-state index contributed by atoms with van der Waals surface area (Å²) in [5, 5.41) is 14.2. The molecule has 2 N–H and O–H groups in total. The number of benzene rings is 2. The highest BCUT2D eigenvalue weighted by Gasteiger charge is 2.28. The van der Waals surface area contributed by atoms with E-state index < -0.39 is 24.0 Å². The average Bonchev–Trinajstić information content (AvgIpc) is 3.26. The first-order valence-electron chi connectivity index (χ1n) is 13.5. The molecule has 0 amide bonds. The van der Waals surface area contributed by atoms with Crippen LogP contribution in [0, 0.1) is 11.7 Å². The Labute approximate surface area is 221 Å². The molecule has 0 unspecified atom stereocenters. The molecule has 0 saturated heterocycles. The van der Waals surface area contributed by atoms with E-state index in [0.717, 1.165) is 25.7 Å². The SMILES string of the molecule is CCC[C@@H](OC[C@H](O)CNC(C)(C)CC1Cc2ccccc2C1)c1cccc(F)c1/C=C/C(=O)OCC. The minimum Gasteiger partial charge on any atom is -0.463 e. The number of aliphatic hydroxyl groups excluding tert-OH is 1. The summed E-state index contributed by atoms with van der Waals surface area (Å²) < 4.78 is 25.7. The molecule has 2 aromatic rings. The highest BCUT2D eigenvalue weighted by molar-refractivity contribution is 5.87. The predicted octanol–water partition coefficient (Wildman–Crippen LogP) is 5.79. The Kier molecular flexibility index (Phi) is 10.9. The van der Waals surface area contributed by atoms with Gasteiger partial charge in [0.15, 0.2) is 0 Å². The van der Waals surface area contributed by atoms with E-state index in [4.69, 9.17) is 9.47 Å². The third-order valence-corrected chi connectivity index (χ3v) is 6.90. The molecule has 5 nitrogen and oxygen atoms in total. The molecule has 0 radical (unpaired) electrons. The zero-order valence-electron chi connectivity index (χ0n) is 22.6. The van der Waals surface area contributed by atoms with Crippen LogP contribution in [0.5, 0.6) is 0 Å². The summed E-state index contributed by atoms with van der Waals surface area (Å²) in [6.07, 6.45) is 6.29. The Morgan fingerprint density at radius 3 is 2.51 bits per heavy atom. The molecule has 0 saturated carbocycles. The average molecular weight is 512 g/mol. The van der Waals surface area contributed by atoms with Gasteiger partial charge in [-0.3, -0.25) is 0 Å². The number of β-amino-alcohol motifs (C(OH)–C–C–N with tert-alkyl or cyclic N) is 1. The van der Waals surface area contributed by atoms with Crippen LogP contribution >= 0.6 is 0 Å². The first-order valence-corrected chi connectivity index (χ1v) is 13.5. The van der Waals surface area contributed by atoms with Gasteiger partial charge in [-0.05, 0) is 81.2 Å². The molecule has 0 spiro atoms. The van der Waals surface area contributed by atoms with Crippen molar-refractivity contribution in [1.82, 2.24) is 5.32 Å². The van der Waals surface area contributed by atoms with Gasteiger partial charge < -0.3 is 19.9 Å². The quantitative estimate of drug-likeness (QED) is 0.248. The van der Waals surface area contributed by atoms with Gasteiger partial charge in [0.25, 0.3) is 0 Å². The number of hydrogen-bond acceptors (Lipinski definition) is 5. The summed E-state index contributed by atoms with van der Waals surface area (Å²) in [6, 6.07) is 13.5. The van der Waals surface area contributed by atoms with Crippen molar-refractivity contribution in [2.24, 2.45) is 5.92 Å². The molecular weight excluding hydrogens is 469 g/mol. The fraction of sp³-hybridized carbons (Fsp3) is 0.516. The van der Waals surface area contributed by atoms with Crippen LogP contribution < -0.4 is 5.32 Å². The van der Waals surface area contributed by atoms with Gasteiger partial charge in [0, 0.05) is 23.7 Å². The standard InChI is InChI=1S/C31H42FNO4/c1-5-10-29(27-13-9-14-28(32)26(27)15-16-30(35)36-6-2)37-21-25(34)20-33-31(3,4)19-22-17-23-11-7-8-12-24(23)18-22/h7-9,11-16,22,25,29,33-34H,5-6,10,17-21H2,1-4H3/b16-15+/t25-,29-/m1/s1. The molecule has 0 bridgehead atoms. The lowest BCUT2D eigenvalue weighted by Crippen LogP contribution is -2.45. The molecule has 1 aliphatic carbocycles. The third-order valence-electron chi connectivity index (χ3n) is 6.90. The Morgan fingerprint density at radius 1 is 1.16 bits per heavy atom. The number of fused-ring (bicyclic) bond motifs is 1. The summed E-state index contributed by atoms with van der Waals surface area (Å²) >= 11 is 0. The lowest BCUT2D eigenvalue weighted by atomic mass is 9.88. The number of hydrogen-bond donors (Lipinski definition) is 2. The molecule has 1 aliphatic rings. The topological polar surface area (TPSA) is 67.8 Å². The van der Waals surface area contributed by atoms with E-state index in [-0.39, 0.29) is 18.8 Å². The molecule has 0 fully saturated rings. The number of nitrogens with one attached hydrogen (secondary N) is 1. The molecule has 202 valence electrons. The molecule has 6 heteroatoms. The van der Waals surface area contributed by atoms with E-state index in [0.29, 0.717) is 30.0 Å². The van der Waals surface area contributed by atoms with E-state index in [2.05, 4.69) is 43.4 Å². The summed E-state index contributed by atoms with van der Waals surface area (Å²) in [7, 11) is 0. The van der Waals surface area contributed by atoms with Gasteiger partial charge in [-0.2, -0.15) is 0 Å². The number of halogens is 1. The van der Waals surface area contributed by atoms with E-state index in [1.807, 2.05) is 13.0 Å². The number of ether oxygens (including phenoxy) is 2. The predicted molar refractivity (Wildman–Crippen MR) is 146 cm³/mol. The Balaban J connectivity index is 1.55. The second-order valence-electron chi connectivity index (χ2n) is 10.6. The highest BCUT2D eigenvalue weighted by Crippen LogP contribution is 2.32. The summed E-state index contributed by atoms with van der Waals surface area (Å²) in [6.45, 7) is 8.90. The highest BCUT2D eigenvalue weighted by atomic mass is 19.1. The fourth-order valence-electron chi connectivity index (χ4n) is 5.21. The van der Waals surface area contributed by atoms with Crippen LogP contribution in [-0.4, -0.2) is 42.5 Å². The van der Waals surface area contributed by atoms with Crippen molar-refractivity contribution in [2.45, 2.75) is 77.5 Å². The van der Waals surface area contributed by atoms with Gasteiger partial charge in [0.1, 0.15) is 5.82 Å². The maximum absolute atomic E-state index is 14.7. The van der Waals surface area contributed by atoms with E-state index in [9.17, 15) is 14.3 Å². The first-order chi connectivity index (χ1) is 17.7. The molecule has 0 aromatic heterocycles. The monoisotopic (exact) mass is 511 g/mol.